The van der Waals surface area contributed by atoms with Crippen LogP contribution < -0.4 is 10.6 Å². The van der Waals surface area contributed by atoms with E-state index >= 15 is 0 Å². The molecular formula is C25H21ClN2O2. The number of hydrogen-bond donors (Lipinski definition) is 3. The number of nitrogens with one attached hydrogen (secondary N) is 2. The SMILES string of the molecule is O=C1C[C@@H](c2ccccc2Cl)CC2=C1[C@@H](c1ccc(O)cc1)Nc1ccccc1N2. The number of anilines is 2. The smallest absolute Gasteiger partial charge is 0.163 e. The third-order valence-electron chi connectivity index (χ3n) is 5.88. The number of benzene rings is 3. The number of phenols is 1. The van der Waals surface area contributed by atoms with Gasteiger partial charge in [-0.1, -0.05) is 54.1 Å². The zero-order valence-electron chi connectivity index (χ0n) is 16.2. The second-order valence-corrected chi connectivity index (χ2v) is 8.19. The van der Waals surface area contributed by atoms with Gasteiger partial charge in [0, 0.05) is 22.7 Å². The lowest BCUT2D eigenvalue weighted by molar-refractivity contribution is -0.116. The predicted octanol–water partition coefficient (Wildman–Crippen LogP) is 6.03. The van der Waals surface area contributed by atoms with Crippen molar-refractivity contribution in [1.82, 2.24) is 0 Å². The molecule has 30 heavy (non-hydrogen) atoms. The first kappa shape index (κ1) is 18.8. The minimum absolute atomic E-state index is 0.0307. The molecule has 2 aliphatic rings. The lowest BCUT2D eigenvalue weighted by Gasteiger charge is -2.30. The summed E-state index contributed by atoms with van der Waals surface area (Å²) in [6, 6.07) is 22.5. The van der Waals surface area contributed by atoms with E-state index in [4.69, 9.17) is 11.6 Å². The number of para-hydroxylation sites is 2. The van der Waals surface area contributed by atoms with E-state index in [0.717, 1.165) is 33.8 Å². The van der Waals surface area contributed by atoms with E-state index in [9.17, 15) is 9.90 Å². The molecule has 1 heterocycles. The number of halogens is 1. The highest BCUT2D eigenvalue weighted by molar-refractivity contribution is 6.31. The lowest BCUT2D eigenvalue weighted by atomic mass is 9.78. The Morgan fingerprint density at radius 2 is 1.57 bits per heavy atom. The summed E-state index contributed by atoms with van der Waals surface area (Å²) < 4.78 is 0. The van der Waals surface area contributed by atoms with Crippen LogP contribution in [0, 0.1) is 0 Å². The highest BCUT2D eigenvalue weighted by Gasteiger charge is 2.36. The normalized spacial score (nSPS) is 20.5. The Hall–Kier alpha value is -3.24. The van der Waals surface area contributed by atoms with E-state index in [1.54, 1.807) is 12.1 Å². The second-order valence-electron chi connectivity index (χ2n) is 7.78. The number of ketones is 1. The number of allylic oxidation sites excluding steroid dienone is 1. The molecular weight excluding hydrogens is 396 g/mol. The van der Waals surface area contributed by atoms with Gasteiger partial charge in [-0.3, -0.25) is 4.79 Å². The van der Waals surface area contributed by atoms with Gasteiger partial charge in [0.05, 0.1) is 17.4 Å². The quantitative estimate of drug-likeness (QED) is 0.477. The van der Waals surface area contributed by atoms with E-state index in [2.05, 4.69) is 10.6 Å². The highest BCUT2D eigenvalue weighted by Crippen LogP contribution is 2.45. The van der Waals surface area contributed by atoms with Gasteiger partial charge in [0.2, 0.25) is 0 Å². The Bertz CT molecular complexity index is 1150. The number of fused-ring (bicyclic) bond motifs is 1. The topological polar surface area (TPSA) is 61.4 Å². The molecule has 0 amide bonds. The summed E-state index contributed by atoms with van der Waals surface area (Å²) in [6.45, 7) is 0. The molecule has 150 valence electrons. The van der Waals surface area contributed by atoms with Crippen molar-refractivity contribution in [3.63, 3.8) is 0 Å². The van der Waals surface area contributed by atoms with E-state index in [0.29, 0.717) is 17.9 Å². The number of aromatic hydroxyl groups is 1. The van der Waals surface area contributed by atoms with Crippen molar-refractivity contribution >= 4 is 28.8 Å². The number of carbonyl (C=O) groups excluding carboxylic acids is 1. The van der Waals surface area contributed by atoms with Crippen LogP contribution in [0.2, 0.25) is 5.02 Å². The summed E-state index contributed by atoms with van der Waals surface area (Å²) in [5.41, 5.74) is 5.49. The number of rotatable bonds is 2. The summed E-state index contributed by atoms with van der Waals surface area (Å²) in [4.78, 5) is 13.4. The number of hydrogen-bond acceptors (Lipinski definition) is 4. The molecule has 5 rings (SSSR count). The van der Waals surface area contributed by atoms with E-state index < -0.39 is 0 Å². The van der Waals surface area contributed by atoms with Gasteiger partial charge in [-0.2, -0.15) is 0 Å². The maximum atomic E-state index is 13.4. The average molecular weight is 417 g/mol. The van der Waals surface area contributed by atoms with Crippen molar-refractivity contribution in [3.8, 4) is 5.75 Å². The molecule has 2 atom stereocenters. The Morgan fingerprint density at radius 1 is 0.867 bits per heavy atom. The van der Waals surface area contributed by atoms with Crippen molar-refractivity contribution < 1.29 is 9.90 Å². The monoisotopic (exact) mass is 416 g/mol. The standard InChI is InChI=1S/C25H21ClN2O2/c26-19-6-2-1-5-18(19)16-13-22-24(23(30)14-16)25(15-9-11-17(29)12-10-15)28-21-8-4-3-7-20(21)27-22/h1-12,16,25,27-29H,13-14H2/t16-,25+/m0/s1. The van der Waals surface area contributed by atoms with Crippen LogP contribution in [0.15, 0.2) is 84.1 Å². The van der Waals surface area contributed by atoms with Gasteiger partial charge >= 0.3 is 0 Å². The van der Waals surface area contributed by atoms with Gasteiger partial charge in [-0.25, -0.2) is 0 Å². The van der Waals surface area contributed by atoms with Crippen LogP contribution in [-0.4, -0.2) is 10.9 Å². The van der Waals surface area contributed by atoms with Crippen LogP contribution in [-0.2, 0) is 4.79 Å². The molecule has 0 spiro atoms. The highest BCUT2D eigenvalue weighted by atomic mass is 35.5. The van der Waals surface area contributed by atoms with Gasteiger partial charge in [-0.15, -0.1) is 0 Å². The number of carbonyl (C=O) groups is 1. The summed E-state index contributed by atoms with van der Waals surface area (Å²) in [7, 11) is 0. The van der Waals surface area contributed by atoms with Crippen LogP contribution in [0.1, 0.15) is 35.9 Å². The predicted molar refractivity (Wildman–Crippen MR) is 120 cm³/mol. The molecule has 1 aliphatic heterocycles. The minimum Gasteiger partial charge on any atom is -0.508 e. The van der Waals surface area contributed by atoms with Gasteiger partial charge in [0.15, 0.2) is 5.78 Å². The minimum atomic E-state index is -0.295. The maximum Gasteiger partial charge on any atom is 0.163 e. The average Bonchev–Trinajstić information content (AvgIpc) is 2.91. The first-order valence-electron chi connectivity index (χ1n) is 10.0. The van der Waals surface area contributed by atoms with E-state index in [1.807, 2.05) is 60.7 Å². The summed E-state index contributed by atoms with van der Waals surface area (Å²) >= 11 is 6.45. The summed E-state index contributed by atoms with van der Waals surface area (Å²) in [5.74, 6) is 0.337. The van der Waals surface area contributed by atoms with E-state index in [-0.39, 0.29) is 23.5 Å². The van der Waals surface area contributed by atoms with Crippen LogP contribution in [0.25, 0.3) is 0 Å². The molecule has 3 aromatic rings. The Balaban J connectivity index is 1.62. The first-order valence-corrected chi connectivity index (χ1v) is 10.4. The van der Waals surface area contributed by atoms with Crippen LogP contribution >= 0.6 is 11.6 Å². The van der Waals surface area contributed by atoms with Crippen LogP contribution in [0.3, 0.4) is 0 Å². The van der Waals surface area contributed by atoms with Crippen molar-refractivity contribution in [2.75, 3.05) is 10.6 Å². The lowest BCUT2D eigenvalue weighted by Crippen LogP contribution is -2.27. The van der Waals surface area contributed by atoms with Gasteiger partial charge in [0.1, 0.15) is 5.75 Å². The number of Topliss-reactive ketones (excluding diaryl/α,β-unsaturated/α-hetero) is 1. The van der Waals surface area contributed by atoms with Crippen molar-refractivity contribution in [2.45, 2.75) is 24.8 Å². The Morgan fingerprint density at radius 3 is 2.33 bits per heavy atom. The number of phenolic OH excluding ortho intramolecular Hbond substituents is 1. The van der Waals surface area contributed by atoms with Crippen LogP contribution in [0.5, 0.6) is 5.75 Å². The maximum absolute atomic E-state index is 13.4. The molecule has 3 aromatic carbocycles. The molecule has 0 fully saturated rings. The molecule has 1 aliphatic carbocycles. The molecule has 0 bridgehead atoms. The third kappa shape index (κ3) is 3.33. The molecule has 0 unspecified atom stereocenters. The van der Waals surface area contributed by atoms with Crippen molar-refractivity contribution in [2.24, 2.45) is 0 Å². The fourth-order valence-corrected chi connectivity index (χ4v) is 4.73. The van der Waals surface area contributed by atoms with Crippen molar-refractivity contribution in [3.05, 3.63) is 100 Å². The summed E-state index contributed by atoms with van der Waals surface area (Å²) in [6.07, 6.45) is 1.12. The van der Waals surface area contributed by atoms with Gasteiger partial charge in [0.25, 0.3) is 0 Å². The fourth-order valence-electron chi connectivity index (χ4n) is 4.44. The molecule has 0 saturated heterocycles. The van der Waals surface area contributed by atoms with Crippen LogP contribution in [0.4, 0.5) is 11.4 Å². The van der Waals surface area contributed by atoms with E-state index in [1.165, 1.54) is 0 Å². The second kappa shape index (κ2) is 7.54. The van der Waals surface area contributed by atoms with Gasteiger partial charge in [-0.05, 0) is 53.8 Å². The summed E-state index contributed by atoms with van der Waals surface area (Å²) in [5, 5.41) is 17.5. The Kier molecular flexibility index (Phi) is 4.72. The molecule has 0 saturated carbocycles. The molecule has 3 N–H and O–H groups in total. The zero-order valence-corrected chi connectivity index (χ0v) is 17.0. The zero-order chi connectivity index (χ0) is 20.7. The molecule has 5 heteroatoms. The van der Waals surface area contributed by atoms with Crippen molar-refractivity contribution in [1.29, 1.82) is 0 Å². The first-order chi connectivity index (χ1) is 14.6. The fraction of sp³-hybridized carbons (Fsp3) is 0.160. The largest absolute Gasteiger partial charge is 0.508 e. The van der Waals surface area contributed by atoms with Gasteiger partial charge < -0.3 is 15.7 Å². The molecule has 0 radical (unpaired) electrons. The molecule has 4 nitrogen and oxygen atoms in total. The third-order valence-corrected chi connectivity index (χ3v) is 6.22. The molecule has 0 aromatic heterocycles. The Labute approximate surface area is 180 Å².